The van der Waals surface area contributed by atoms with Gasteiger partial charge in [-0.25, -0.2) is 14.1 Å². The molecule has 1 aromatic heterocycles. The molecular formula is C19H25FN6O. The molecule has 2 fully saturated rings. The molecule has 0 radical (unpaired) electrons. The van der Waals surface area contributed by atoms with Crippen LogP contribution in [0.1, 0.15) is 12.8 Å². The second-order valence-electron chi connectivity index (χ2n) is 7.23. The first-order valence-corrected chi connectivity index (χ1v) is 9.54. The monoisotopic (exact) mass is 372 g/mol. The first kappa shape index (κ1) is 17.9. The number of carbonyl (C=O) groups is 1. The van der Waals surface area contributed by atoms with Gasteiger partial charge in [0, 0.05) is 51.0 Å². The van der Waals surface area contributed by atoms with Crippen molar-refractivity contribution in [1.29, 1.82) is 0 Å². The molecule has 0 aliphatic carbocycles. The van der Waals surface area contributed by atoms with Gasteiger partial charge in [-0.3, -0.25) is 9.69 Å². The molecule has 1 aromatic carbocycles. The summed E-state index contributed by atoms with van der Waals surface area (Å²) in [5, 5.41) is 4.02. The van der Waals surface area contributed by atoms with E-state index < -0.39 is 0 Å². The number of aromatic nitrogens is 3. The Hall–Kier alpha value is -2.48. The number of amides is 1. The number of piperidine rings is 1. The minimum Gasteiger partial charge on any atom is -0.369 e. The molecule has 1 atom stereocenters. The molecule has 0 unspecified atom stereocenters. The predicted molar refractivity (Wildman–Crippen MR) is 99.8 cm³/mol. The Balaban J connectivity index is 1.30. The lowest BCUT2D eigenvalue weighted by Crippen LogP contribution is -2.56. The zero-order chi connectivity index (χ0) is 18.6. The van der Waals surface area contributed by atoms with Crippen molar-refractivity contribution in [2.45, 2.75) is 25.4 Å². The van der Waals surface area contributed by atoms with Crippen LogP contribution < -0.4 is 4.90 Å². The molecule has 2 aliphatic rings. The summed E-state index contributed by atoms with van der Waals surface area (Å²) in [6.07, 6.45) is 5.19. The van der Waals surface area contributed by atoms with Crippen LogP contribution in [-0.4, -0.2) is 75.8 Å². The molecule has 1 amide bonds. The zero-order valence-corrected chi connectivity index (χ0v) is 15.4. The van der Waals surface area contributed by atoms with Crippen LogP contribution in [0.2, 0.25) is 0 Å². The van der Waals surface area contributed by atoms with Crippen LogP contribution >= 0.6 is 0 Å². The van der Waals surface area contributed by atoms with E-state index in [1.807, 2.05) is 17.0 Å². The van der Waals surface area contributed by atoms with E-state index in [9.17, 15) is 9.18 Å². The van der Waals surface area contributed by atoms with E-state index in [0.29, 0.717) is 6.04 Å². The third kappa shape index (κ3) is 4.27. The highest BCUT2D eigenvalue weighted by molar-refractivity contribution is 5.76. The van der Waals surface area contributed by atoms with E-state index in [0.717, 1.165) is 57.8 Å². The third-order valence-corrected chi connectivity index (χ3v) is 5.54. The predicted octanol–water partition coefficient (Wildman–Crippen LogP) is 1.23. The highest BCUT2D eigenvalue weighted by Crippen LogP contribution is 2.21. The molecule has 0 N–H and O–H groups in total. The Morgan fingerprint density at radius 2 is 1.89 bits per heavy atom. The molecule has 2 aromatic rings. The minimum absolute atomic E-state index is 0.107. The summed E-state index contributed by atoms with van der Waals surface area (Å²) in [5.41, 5.74) is 1.07. The number of benzene rings is 1. The van der Waals surface area contributed by atoms with Gasteiger partial charge in [0.1, 0.15) is 25.0 Å². The molecular weight excluding hydrogens is 347 g/mol. The molecule has 8 heteroatoms. The molecule has 0 saturated carbocycles. The quantitative estimate of drug-likeness (QED) is 0.808. The Labute approximate surface area is 158 Å². The number of hydrogen-bond donors (Lipinski definition) is 0. The fourth-order valence-electron chi connectivity index (χ4n) is 4.03. The second-order valence-corrected chi connectivity index (χ2v) is 7.23. The number of piperazine rings is 1. The van der Waals surface area contributed by atoms with E-state index in [4.69, 9.17) is 0 Å². The summed E-state index contributed by atoms with van der Waals surface area (Å²) in [6, 6.07) is 7.13. The highest BCUT2D eigenvalue weighted by Gasteiger charge is 2.30. The molecule has 27 heavy (non-hydrogen) atoms. The van der Waals surface area contributed by atoms with Gasteiger partial charge in [-0.05, 0) is 37.1 Å². The molecule has 0 bridgehead atoms. The van der Waals surface area contributed by atoms with Crippen molar-refractivity contribution in [1.82, 2.24) is 24.6 Å². The van der Waals surface area contributed by atoms with Gasteiger partial charge < -0.3 is 9.80 Å². The van der Waals surface area contributed by atoms with Crippen molar-refractivity contribution in [3.63, 3.8) is 0 Å². The number of rotatable bonds is 4. The van der Waals surface area contributed by atoms with Gasteiger partial charge in [-0.15, -0.1) is 0 Å². The van der Waals surface area contributed by atoms with Crippen LogP contribution in [0.3, 0.4) is 0 Å². The summed E-state index contributed by atoms with van der Waals surface area (Å²) in [5.74, 6) is -0.0922. The largest absolute Gasteiger partial charge is 0.369 e. The molecule has 2 saturated heterocycles. The Kier molecular flexibility index (Phi) is 5.33. The fourth-order valence-corrected chi connectivity index (χ4v) is 4.03. The maximum Gasteiger partial charge on any atom is 0.244 e. The van der Waals surface area contributed by atoms with Gasteiger partial charge in [0.15, 0.2) is 0 Å². The van der Waals surface area contributed by atoms with Crippen LogP contribution in [0, 0.1) is 5.82 Å². The average molecular weight is 372 g/mol. The molecule has 2 aliphatic heterocycles. The van der Waals surface area contributed by atoms with Crippen molar-refractivity contribution in [3.8, 4) is 0 Å². The SMILES string of the molecule is O=C(Cn1cncn1)N1CCC[C@H](N2CCN(c3ccc(F)cc3)CC2)C1. The van der Waals surface area contributed by atoms with Gasteiger partial charge in [0.2, 0.25) is 5.91 Å². The van der Waals surface area contributed by atoms with Crippen LogP contribution in [0.4, 0.5) is 10.1 Å². The zero-order valence-electron chi connectivity index (χ0n) is 15.4. The Bertz CT molecular complexity index is 742. The number of nitrogens with zero attached hydrogens (tertiary/aromatic N) is 6. The lowest BCUT2D eigenvalue weighted by molar-refractivity contribution is -0.134. The van der Waals surface area contributed by atoms with Crippen molar-refractivity contribution < 1.29 is 9.18 Å². The molecule has 3 heterocycles. The van der Waals surface area contributed by atoms with E-state index in [-0.39, 0.29) is 18.3 Å². The highest BCUT2D eigenvalue weighted by atomic mass is 19.1. The number of halogens is 1. The third-order valence-electron chi connectivity index (χ3n) is 5.54. The molecule has 7 nitrogen and oxygen atoms in total. The summed E-state index contributed by atoms with van der Waals surface area (Å²) in [6.45, 7) is 5.64. The summed E-state index contributed by atoms with van der Waals surface area (Å²) in [4.78, 5) is 23.2. The molecule has 0 spiro atoms. The van der Waals surface area contributed by atoms with Crippen LogP contribution in [0.25, 0.3) is 0 Å². The maximum atomic E-state index is 13.1. The number of hydrogen-bond acceptors (Lipinski definition) is 5. The Morgan fingerprint density at radius 1 is 1.11 bits per heavy atom. The number of carbonyl (C=O) groups excluding carboxylic acids is 1. The topological polar surface area (TPSA) is 57.5 Å². The molecule has 144 valence electrons. The fraction of sp³-hybridized carbons (Fsp3) is 0.526. The minimum atomic E-state index is -0.199. The van der Waals surface area contributed by atoms with Crippen LogP contribution in [0.15, 0.2) is 36.9 Å². The average Bonchev–Trinajstić information content (AvgIpc) is 3.22. The van der Waals surface area contributed by atoms with E-state index >= 15 is 0 Å². The van der Waals surface area contributed by atoms with E-state index in [2.05, 4.69) is 19.9 Å². The van der Waals surface area contributed by atoms with E-state index in [1.54, 1.807) is 11.0 Å². The number of likely N-dealkylation sites (tertiary alicyclic amines) is 1. The van der Waals surface area contributed by atoms with Gasteiger partial charge >= 0.3 is 0 Å². The summed E-state index contributed by atoms with van der Waals surface area (Å²) in [7, 11) is 0. The first-order valence-electron chi connectivity index (χ1n) is 9.54. The van der Waals surface area contributed by atoms with Gasteiger partial charge in [0.25, 0.3) is 0 Å². The standard InChI is InChI=1S/C19H25FN6O/c20-16-3-5-17(6-4-16)23-8-10-24(11-9-23)18-2-1-7-25(12-18)19(27)13-26-15-21-14-22-26/h3-6,14-15,18H,1-2,7-13H2/t18-/m0/s1. The van der Waals surface area contributed by atoms with Gasteiger partial charge in [-0.2, -0.15) is 5.10 Å². The van der Waals surface area contributed by atoms with Crippen LogP contribution in [0.5, 0.6) is 0 Å². The normalized spacial score (nSPS) is 21.4. The van der Waals surface area contributed by atoms with Crippen molar-refractivity contribution in [2.24, 2.45) is 0 Å². The summed E-state index contributed by atoms with van der Waals surface area (Å²) >= 11 is 0. The van der Waals surface area contributed by atoms with E-state index in [1.165, 1.54) is 18.5 Å². The second kappa shape index (κ2) is 8.04. The van der Waals surface area contributed by atoms with Crippen LogP contribution in [-0.2, 0) is 11.3 Å². The van der Waals surface area contributed by atoms with Crippen molar-refractivity contribution in [3.05, 3.63) is 42.7 Å². The van der Waals surface area contributed by atoms with Crippen molar-refractivity contribution in [2.75, 3.05) is 44.2 Å². The lowest BCUT2D eigenvalue weighted by atomic mass is 10.0. The first-order chi connectivity index (χ1) is 13.2. The lowest BCUT2D eigenvalue weighted by Gasteiger charge is -2.44. The maximum absolute atomic E-state index is 13.1. The smallest absolute Gasteiger partial charge is 0.244 e. The van der Waals surface area contributed by atoms with Gasteiger partial charge in [0.05, 0.1) is 0 Å². The number of anilines is 1. The Morgan fingerprint density at radius 3 is 2.59 bits per heavy atom. The molecule has 4 rings (SSSR count). The summed E-state index contributed by atoms with van der Waals surface area (Å²) < 4.78 is 14.7. The van der Waals surface area contributed by atoms with Crippen molar-refractivity contribution >= 4 is 11.6 Å². The van der Waals surface area contributed by atoms with Gasteiger partial charge in [-0.1, -0.05) is 0 Å².